The van der Waals surface area contributed by atoms with Gasteiger partial charge in [-0.2, -0.15) is 0 Å². The van der Waals surface area contributed by atoms with Crippen molar-refractivity contribution in [2.45, 2.75) is 12.8 Å². The topological polar surface area (TPSA) is 53.2 Å². The number of nitrogens with one attached hydrogen (secondary N) is 1. The quantitative estimate of drug-likeness (QED) is 0.867. The molecule has 0 spiro atoms. The summed E-state index contributed by atoms with van der Waals surface area (Å²) in [6.07, 6.45) is 2.61. The van der Waals surface area contributed by atoms with Crippen molar-refractivity contribution in [2.24, 2.45) is 5.92 Å². The average Bonchev–Trinajstić information content (AvgIpc) is 2.93. The number of hydrogen-bond donors (Lipinski definition) is 1. The predicted molar refractivity (Wildman–Crippen MR) is 77.9 cm³/mol. The first-order valence-corrected chi connectivity index (χ1v) is 6.99. The van der Waals surface area contributed by atoms with E-state index in [1.54, 1.807) is 6.07 Å². The lowest BCUT2D eigenvalue weighted by Crippen LogP contribution is -2.26. The van der Waals surface area contributed by atoms with Crippen LogP contribution in [0.4, 0.5) is 0 Å². The molecule has 20 heavy (non-hydrogen) atoms. The van der Waals surface area contributed by atoms with Crippen molar-refractivity contribution < 1.29 is 9.59 Å². The lowest BCUT2D eigenvalue weighted by Gasteiger charge is -2.08. The smallest absolute Gasteiger partial charge is 0.232 e. The summed E-state index contributed by atoms with van der Waals surface area (Å²) in [5, 5.41) is 1.90. The van der Waals surface area contributed by atoms with E-state index in [1.165, 1.54) is 11.9 Å². The zero-order chi connectivity index (χ0) is 14.4. The highest BCUT2D eigenvalue weighted by atomic mass is 35.5. The number of likely N-dealkylation sites (tertiary alicyclic amines) is 1. The van der Waals surface area contributed by atoms with Crippen molar-refractivity contribution >= 4 is 45.9 Å². The Morgan fingerprint density at radius 1 is 1.35 bits per heavy atom. The molecule has 0 saturated carbocycles. The summed E-state index contributed by atoms with van der Waals surface area (Å²) in [4.78, 5) is 27.8. The molecule has 1 aliphatic heterocycles. The Bertz CT molecular complexity index is 723. The van der Waals surface area contributed by atoms with Crippen LogP contribution >= 0.6 is 23.2 Å². The van der Waals surface area contributed by atoms with Gasteiger partial charge in [-0.1, -0.05) is 29.3 Å². The number of imide groups is 1. The van der Waals surface area contributed by atoms with E-state index < -0.39 is 0 Å². The summed E-state index contributed by atoms with van der Waals surface area (Å²) in [7, 11) is 1.52. The Morgan fingerprint density at radius 3 is 2.75 bits per heavy atom. The standard InChI is InChI=1S/C14H12Cl2N2O2/c1-18-11(19)5-7(14(18)20)4-8-6-17-13-9(8)2-3-10(15)12(13)16/h2-3,6-7,17H,4-5H2,1H3/t7-/m0/s1. The van der Waals surface area contributed by atoms with Gasteiger partial charge >= 0.3 is 0 Å². The van der Waals surface area contributed by atoms with E-state index in [9.17, 15) is 9.59 Å². The van der Waals surface area contributed by atoms with Crippen LogP contribution in [0.1, 0.15) is 12.0 Å². The molecular weight excluding hydrogens is 299 g/mol. The first-order valence-electron chi connectivity index (χ1n) is 6.23. The third-order valence-corrected chi connectivity index (χ3v) is 4.58. The third kappa shape index (κ3) is 2.00. The number of carbonyl (C=O) groups excluding carboxylic acids is 2. The highest BCUT2D eigenvalue weighted by Crippen LogP contribution is 2.33. The maximum atomic E-state index is 11.9. The molecule has 104 valence electrons. The largest absolute Gasteiger partial charge is 0.360 e. The minimum atomic E-state index is -0.291. The minimum absolute atomic E-state index is 0.121. The summed E-state index contributed by atoms with van der Waals surface area (Å²) in [6, 6.07) is 3.61. The number of nitrogens with zero attached hydrogens (tertiary/aromatic N) is 1. The number of hydrogen-bond acceptors (Lipinski definition) is 2. The van der Waals surface area contributed by atoms with E-state index in [1.807, 2.05) is 12.3 Å². The lowest BCUT2D eigenvalue weighted by molar-refractivity contribution is -0.137. The molecule has 0 unspecified atom stereocenters. The number of halogens is 2. The number of amides is 2. The van der Waals surface area contributed by atoms with Crippen LogP contribution < -0.4 is 0 Å². The highest BCUT2D eigenvalue weighted by Gasteiger charge is 2.36. The SMILES string of the molecule is CN1C(=O)C[C@H](Cc2c[nH]c3c(Cl)c(Cl)ccc23)C1=O. The van der Waals surface area contributed by atoms with Crippen LogP contribution in [0.15, 0.2) is 18.3 Å². The second kappa shape index (κ2) is 4.79. The van der Waals surface area contributed by atoms with Crippen molar-refractivity contribution in [3.05, 3.63) is 33.9 Å². The molecule has 0 bridgehead atoms. The van der Waals surface area contributed by atoms with Gasteiger partial charge in [0, 0.05) is 25.1 Å². The van der Waals surface area contributed by atoms with E-state index in [-0.39, 0.29) is 24.2 Å². The summed E-state index contributed by atoms with van der Waals surface area (Å²) in [5.41, 5.74) is 1.74. The predicted octanol–water partition coefficient (Wildman–Crippen LogP) is 3.02. The first-order chi connectivity index (χ1) is 9.49. The number of rotatable bonds is 2. The van der Waals surface area contributed by atoms with E-state index in [0.717, 1.165) is 16.5 Å². The van der Waals surface area contributed by atoms with E-state index in [2.05, 4.69) is 4.98 Å². The zero-order valence-corrected chi connectivity index (χ0v) is 12.3. The molecule has 1 atom stereocenters. The molecule has 1 aliphatic rings. The molecule has 2 aromatic rings. The zero-order valence-electron chi connectivity index (χ0n) is 10.7. The maximum absolute atomic E-state index is 11.9. The van der Waals surface area contributed by atoms with E-state index >= 15 is 0 Å². The molecule has 2 heterocycles. The number of fused-ring (bicyclic) bond motifs is 1. The van der Waals surface area contributed by atoms with Gasteiger partial charge in [-0.25, -0.2) is 0 Å². The normalized spacial score (nSPS) is 19.4. The van der Waals surface area contributed by atoms with Crippen LogP contribution in [0.3, 0.4) is 0 Å². The fourth-order valence-corrected chi connectivity index (χ4v) is 3.00. The van der Waals surface area contributed by atoms with Crippen molar-refractivity contribution in [3.63, 3.8) is 0 Å². The van der Waals surface area contributed by atoms with Gasteiger partial charge in [0.15, 0.2) is 0 Å². The van der Waals surface area contributed by atoms with Crippen LogP contribution in [-0.4, -0.2) is 28.7 Å². The van der Waals surface area contributed by atoms with Gasteiger partial charge < -0.3 is 4.98 Å². The van der Waals surface area contributed by atoms with E-state index in [0.29, 0.717) is 16.5 Å². The molecule has 2 amide bonds. The Kier molecular flexibility index (Phi) is 3.22. The van der Waals surface area contributed by atoms with Gasteiger partial charge in [0.05, 0.1) is 21.5 Å². The molecule has 1 fully saturated rings. The molecule has 0 aliphatic carbocycles. The fraction of sp³-hybridized carbons (Fsp3) is 0.286. The van der Waals surface area contributed by atoms with Crippen LogP contribution in [0.25, 0.3) is 10.9 Å². The van der Waals surface area contributed by atoms with Crippen LogP contribution in [-0.2, 0) is 16.0 Å². The van der Waals surface area contributed by atoms with Gasteiger partial charge in [0.1, 0.15) is 0 Å². The number of aromatic amines is 1. The second-order valence-corrected chi connectivity index (χ2v) is 5.78. The molecular formula is C14H12Cl2N2O2. The van der Waals surface area contributed by atoms with E-state index in [4.69, 9.17) is 23.2 Å². The van der Waals surface area contributed by atoms with Gasteiger partial charge in [0.25, 0.3) is 0 Å². The lowest BCUT2D eigenvalue weighted by atomic mass is 9.97. The molecule has 6 heteroatoms. The van der Waals surface area contributed by atoms with Crippen molar-refractivity contribution in [2.75, 3.05) is 7.05 Å². The van der Waals surface area contributed by atoms with Crippen molar-refractivity contribution in [1.29, 1.82) is 0 Å². The molecule has 1 saturated heterocycles. The number of H-pyrrole nitrogens is 1. The number of benzene rings is 1. The number of carbonyl (C=O) groups is 2. The van der Waals surface area contributed by atoms with Crippen molar-refractivity contribution in [1.82, 2.24) is 9.88 Å². The third-order valence-electron chi connectivity index (χ3n) is 3.77. The second-order valence-electron chi connectivity index (χ2n) is 4.99. The monoisotopic (exact) mass is 310 g/mol. The van der Waals surface area contributed by atoms with Crippen molar-refractivity contribution in [3.8, 4) is 0 Å². The summed E-state index contributed by atoms with van der Waals surface area (Å²) in [6.45, 7) is 0. The van der Waals surface area contributed by atoms with Gasteiger partial charge in [0.2, 0.25) is 11.8 Å². The Hall–Kier alpha value is -1.52. The highest BCUT2D eigenvalue weighted by molar-refractivity contribution is 6.45. The summed E-state index contributed by atoms with van der Waals surface area (Å²) < 4.78 is 0. The Morgan fingerprint density at radius 2 is 2.10 bits per heavy atom. The molecule has 3 rings (SSSR count). The molecule has 4 nitrogen and oxygen atoms in total. The summed E-state index contributed by atoms with van der Waals surface area (Å²) in [5.74, 6) is -0.536. The summed E-state index contributed by atoms with van der Waals surface area (Å²) >= 11 is 12.1. The maximum Gasteiger partial charge on any atom is 0.232 e. The Balaban J connectivity index is 1.95. The molecule has 1 N–H and O–H groups in total. The van der Waals surface area contributed by atoms with Crippen LogP contribution in [0, 0.1) is 5.92 Å². The van der Waals surface area contributed by atoms with Gasteiger partial charge in [-0.15, -0.1) is 0 Å². The first kappa shape index (κ1) is 13.5. The molecule has 1 aromatic carbocycles. The average molecular weight is 311 g/mol. The molecule has 1 aromatic heterocycles. The number of aromatic nitrogens is 1. The van der Waals surface area contributed by atoms with Gasteiger partial charge in [-0.05, 0) is 18.1 Å². The Labute approximate surface area is 125 Å². The fourth-order valence-electron chi connectivity index (χ4n) is 2.62. The van der Waals surface area contributed by atoms with Gasteiger partial charge in [-0.3, -0.25) is 14.5 Å². The minimum Gasteiger partial charge on any atom is -0.360 e. The molecule has 0 radical (unpaired) electrons. The van der Waals surface area contributed by atoms with Crippen LogP contribution in [0.2, 0.25) is 10.0 Å². The van der Waals surface area contributed by atoms with Crippen LogP contribution in [0.5, 0.6) is 0 Å².